The molecular weight excluding hydrogens is 465 g/mol. The molecule has 0 N–H and O–H groups in total. The van der Waals surface area contributed by atoms with Crippen LogP contribution in [0.4, 0.5) is 0 Å². The Bertz CT molecular complexity index is 1450. The van der Waals surface area contributed by atoms with Gasteiger partial charge in [0.15, 0.2) is 17.0 Å². The van der Waals surface area contributed by atoms with Crippen LogP contribution in [0.25, 0.3) is 11.0 Å². The molecule has 0 saturated heterocycles. The zero-order valence-corrected chi connectivity index (χ0v) is 19.6. The number of hydrogen-bond acceptors (Lipinski definition) is 5. The van der Waals surface area contributed by atoms with E-state index in [-0.39, 0.29) is 18.6 Å². The number of ether oxygens (including phenoxy) is 2. The monoisotopic (exact) mass is 485 g/mol. The topological polar surface area (TPSA) is 75.4 Å². The van der Waals surface area contributed by atoms with E-state index in [4.69, 9.17) is 32.7 Å². The van der Waals surface area contributed by atoms with Crippen molar-refractivity contribution in [2.45, 2.75) is 19.5 Å². The van der Waals surface area contributed by atoms with Crippen LogP contribution >= 0.6 is 23.2 Å². The minimum absolute atomic E-state index is 0.182. The average Bonchev–Trinajstić information content (AvgIpc) is 2.83. The smallest absolute Gasteiger partial charge is 0.331 e. The van der Waals surface area contributed by atoms with Crippen LogP contribution < -0.4 is 20.7 Å². The quantitative estimate of drug-likeness (QED) is 0.392. The van der Waals surface area contributed by atoms with Crippen LogP contribution in [0.2, 0.25) is 10.0 Å². The molecule has 2 aromatic heterocycles. The van der Waals surface area contributed by atoms with E-state index in [2.05, 4.69) is 4.98 Å². The lowest BCUT2D eigenvalue weighted by molar-refractivity contribution is 0.354. The lowest BCUT2D eigenvalue weighted by Crippen LogP contribution is -2.41. The van der Waals surface area contributed by atoms with Crippen LogP contribution in [0, 0.1) is 0 Å². The number of hydrogen-bond donors (Lipinski definition) is 0. The highest BCUT2D eigenvalue weighted by Crippen LogP contribution is 2.28. The summed E-state index contributed by atoms with van der Waals surface area (Å²) in [6.45, 7) is 0.398. The van der Waals surface area contributed by atoms with Crippen molar-refractivity contribution in [1.29, 1.82) is 0 Å². The fourth-order valence-electron chi connectivity index (χ4n) is 3.69. The van der Waals surface area contributed by atoms with Crippen molar-refractivity contribution in [1.82, 2.24) is 14.1 Å². The second kappa shape index (κ2) is 9.68. The van der Waals surface area contributed by atoms with Gasteiger partial charge in [-0.1, -0.05) is 35.3 Å². The predicted molar refractivity (Wildman–Crippen MR) is 129 cm³/mol. The summed E-state index contributed by atoms with van der Waals surface area (Å²) < 4.78 is 13.4. The Labute approximate surface area is 199 Å². The first-order chi connectivity index (χ1) is 15.9. The highest BCUT2D eigenvalue weighted by Gasteiger charge is 2.15. The van der Waals surface area contributed by atoms with Gasteiger partial charge in [-0.3, -0.25) is 13.9 Å². The van der Waals surface area contributed by atoms with Gasteiger partial charge < -0.3 is 9.47 Å². The van der Waals surface area contributed by atoms with Crippen molar-refractivity contribution in [3.8, 4) is 11.5 Å². The zero-order valence-electron chi connectivity index (χ0n) is 18.0. The van der Waals surface area contributed by atoms with Crippen LogP contribution in [-0.2, 0) is 19.5 Å². The maximum absolute atomic E-state index is 13.4. The molecule has 170 valence electrons. The molecule has 7 nitrogen and oxygen atoms in total. The molecule has 0 fully saturated rings. The van der Waals surface area contributed by atoms with Crippen molar-refractivity contribution in [3.05, 3.63) is 96.7 Å². The van der Waals surface area contributed by atoms with E-state index in [1.807, 2.05) is 12.1 Å². The van der Waals surface area contributed by atoms with E-state index >= 15 is 0 Å². The van der Waals surface area contributed by atoms with E-state index in [0.717, 1.165) is 11.1 Å². The van der Waals surface area contributed by atoms with Gasteiger partial charge in [-0.15, -0.1) is 0 Å². The molecule has 0 radical (unpaired) electrons. The first-order valence-corrected chi connectivity index (χ1v) is 10.9. The molecule has 0 spiro atoms. The predicted octanol–water partition coefficient (Wildman–Crippen LogP) is 4.17. The first-order valence-electron chi connectivity index (χ1n) is 10.2. The van der Waals surface area contributed by atoms with Gasteiger partial charge in [0.1, 0.15) is 0 Å². The number of rotatable bonds is 7. The van der Waals surface area contributed by atoms with Gasteiger partial charge in [-0.2, -0.15) is 0 Å². The van der Waals surface area contributed by atoms with Crippen molar-refractivity contribution >= 4 is 34.2 Å². The van der Waals surface area contributed by atoms with E-state index in [1.165, 1.54) is 15.3 Å². The van der Waals surface area contributed by atoms with Gasteiger partial charge in [0.05, 0.1) is 36.3 Å². The summed E-state index contributed by atoms with van der Waals surface area (Å²) in [5.41, 5.74) is 1.51. The Morgan fingerprint density at radius 2 is 1.64 bits per heavy atom. The minimum atomic E-state index is -0.429. The summed E-state index contributed by atoms with van der Waals surface area (Å²) in [6, 6.07) is 14.1. The van der Waals surface area contributed by atoms with Gasteiger partial charge in [-0.05, 0) is 53.9 Å². The van der Waals surface area contributed by atoms with Crippen LogP contribution in [0.5, 0.6) is 11.5 Å². The largest absolute Gasteiger partial charge is 0.493 e. The maximum atomic E-state index is 13.4. The van der Waals surface area contributed by atoms with E-state index < -0.39 is 11.2 Å². The second-order valence-electron chi connectivity index (χ2n) is 7.38. The lowest BCUT2D eigenvalue weighted by atomic mass is 10.1. The molecule has 2 heterocycles. The van der Waals surface area contributed by atoms with Crippen molar-refractivity contribution in [2.75, 3.05) is 14.2 Å². The summed E-state index contributed by atoms with van der Waals surface area (Å²) >= 11 is 12.2. The fraction of sp³-hybridized carbons (Fsp3) is 0.208. The summed E-state index contributed by atoms with van der Waals surface area (Å²) in [4.78, 5) is 30.7. The fourth-order valence-corrected chi connectivity index (χ4v) is 4.01. The Kier molecular flexibility index (Phi) is 6.72. The number of halogens is 2. The van der Waals surface area contributed by atoms with Crippen molar-refractivity contribution in [2.24, 2.45) is 0 Å². The number of pyridine rings is 1. The number of aromatic nitrogens is 3. The van der Waals surface area contributed by atoms with E-state index in [9.17, 15) is 9.59 Å². The Balaban J connectivity index is 1.75. The number of aryl methyl sites for hydroxylation is 1. The minimum Gasteiger partial charge on any atom is -0.493 e. The second-order valence-corrected chi connectivity index (χ2v) is 8.20. The molecule has 2 aromatic carbocycles. The summed E-state index contributed by atoms with van der Waals surface area (Å²) in [5, 5.41) is 0.825. The molecule has 0 aliphatic rings. The maximum Gasteiger partial charge on any atom is 0.331 e. The number of fused-ring (bicyclic) bond motifs is 1. The van der Waals surface area contributed by atoms with Gasteiger partial charge in [0.2, 0.25) is 0 Å². The highest BCUT2D eigenvalue weighted by atomic mass is 35.5. The molecule has 0 bridgehead atoms. The summed E-state index contributed by atoms with van der Waals surface area (Å²) in [6.07, 6.45) is 1.98. The summed E-state index contributed by atoms with van der Waals surface area (Å²) in [5.74, 6) is 1.19. The molecule has 0 amide bonds. The van der Waals surface area contributed by atoms with Gasteiger partial charge in [0.25, 0.3) is 5.56 Å². The molecule has 0 unspecified atom stereocenters. The van der Waals surface area contributed by atoms with Crippen molar-refractivity contribution in [3.63, 3.8) is 0 Å². The standard InChI is InChI=1S/C24H21Cl2N3O4/c1-32-20-8-6-15(13-21(20)33-2)9-11-28-23(30)22-19(4-3-10-27-22)29(24(28)31)14-16-5-7-17(25)18(26)12-16/h3-8,10,12-13H,9,11,14H2,1-2H3. The molecule has 4 rings (SSSR count). The Hall–Kier alpha value is -3.29. The van der Waals surface area contributed by atoms with E-state index in [1.54, 1.807) is 50.6 Å². The van der Waals surface area contributed by atoms with Crippen LogP contribution in [-0.4, -0.2) is 28.3 Å². The number of benzene rings is 2. The molecule has 0 atom stereocenters. The van der Waals surface area contributed by atoms with Gasteiger partial charge >= 0.3 is 5.69 Å². The van der Waals surface area contributed by atoms with Crippen LogP contribution in [0.3, 0.4) is 0 Å². The third kappa shape index (κ3) is 4.60. The molecule has 4 aromatic rings. The zero-order chi connectivity index (χ0) is 23.5. The molecule has 0 saturated carbocycles. The molecule has 0 aliphatic heterocycles. The Morgan fingerprint density at radius 3 is 2.36 bits per heavy atom. The van der Waals surface area contributed by atoms with Gasteiger partial charge in [-0.25, -0.2) is 9.78 Å². The SMILES string of the molecule is COc1ccc(CCn2c(=O)c3ncccc3n(Cc3ccc(Cl)c(Cl)c3)c2=O)cc1OC. The average molecular weight is 486 g/mol. The summed E-state index contributed by atoms with van der Waals surface area (Å²) in [7, 11) is 3.12. The first kappa shape index (κ1) is 22.9. The number of methoxy groups -OCH3 is 2. The molecule has 33 heavy (non-hydrogen) atoms. The van der Waals surface area contributed by atoms with Crippen LogP contribution in [0.1, 0.15) is 11.1 Å². The Morgan fingerprint density at radius 1 is 0.879 bits per heavy atom. The van der Waals surface area contributed by atoms with Crippen LogP contribution in [0.15, 0.2) is 64.3 Å². The van der Waals surface area contributed by atoms with Crippen molar-refractivity contribution < 1.29 is 9.47 Å². The third-order valence-electron chi connectivity index (χ3n) is 5.38. The van der Waals surface area contributed by atoms with E-state index in [0.29, 0.717) is 33.5 Å². The third-order valence-corrected chi connectivity index (χ3v) is 6.12. The molecule has 0 aliphatic carbocycles. The molecular formula is C24H21Cl2N3O4. The molecule has 9 heteroatoms. The van der Waals surface area contributed by atoms with Gasteiger partial charge in [0, 0.05) is 12.7 Å². The highest BCUT2D eigenvalue weighted by molar-refractivity contribution is 6.42. The number of nitrogens with zero attached hydrogens (tertiary/aromatic N) is 3. The normalized spacial score (nSPS) is 11.0. The lowest BCUT2D eigenvalue weighted by Gasteiger charge is -2.14.